The molecule has 2 aromatic carbocycles. The molecule has 41 heavy (non-hydrogen) atoms. The summed E-state index contributed by atoms with van der Waals surface area (Å²) in [5, 5.41) is 21.8. The molecular weight excluding hydrogens is 544 g/mol. The number of aryl methyl sites for hydroxylation is 1. The van der Waals surface area contributed by atoms with Crippen molar-refractivity contribution in [3.05, 3.63) is 77.6 Å². The van der Waals surface area contributed by atoms with Gasteiger partial charge in [0.25, 0.3) is 0 Å². The summed E-state index contributed by atoms with van der Waals surface area (Å²) in [6, 6.07) is 15.3. The number of unbranched alkanes of at least 4 members (excludes halogenated alkanes) is 3. The maximum absolute atomic E-state index is 12.4. The maximum Gasteiger partial charge on any atom is 0.243 e. The van der Waals surface area contributed by atoms with Crippen LogP contribution in [0.25, 0.3) is 0 Å². The summed E-state index contributed by atoms with van der Waals surface area (Å²) >= 11 is 1.65. The first-order chi connectivity index (χ1) is 19.9. The average molecular weight is 583 g/mol. The Bertz CT molecular complexity index is 1250. The predicted molar refractivity (Wildman–Crippen MR) is 155 cm³/mol. The summed E-state index contributed by atoms with van der Waals surface area (Å²) in [6.07, 6.45) is 7.32. The van der Waals surface area contributed by atoms with Crippen molar-refractivity contribution >= 4 is 29.3 Å². The highest BCUT2D eigenvalue weighted by molar-refractivity contribution is 7.99. The zero-order chi connectivity index (χ0) is 29.0. The number of aliphatic hydroxyl groups excluding tert-OH is 1. The van der Waals surface area contributed by atoms with Crippen molar-refractivity contribution in [3.63, 3.8) is 0 Å². The SMILES string of the molecule is Cn1ccnc1SC[C@@H]1C[C@H](c2ccc(CO)cc2)O[C@H](c2ccc(NC(=O)CCCCCCC(=O)NO)cc2)O1. The Kier molecular flexibility index (Phi) is 11.8. The van der Waals surface area contributed by atoms with Gasteiger partial charge in [0, 0.05) is 55.7 Å². The topological polar surface area (TPSA) is 135 Å². The summed E-state index contributed by atoms with van der Waals surface area (Å²) in [5.41, 5.74) is 5.07. The van der Waals surface area contributed by atoms with Crippen LogP contribution < -0.4 is 10.8 Å². The van der Waals surface area contributed by atoms with Gasteiger partial charge in [0.1, 0.15) is 0 Å². The highest BCUT2D eigenvalue weighted by Crippen LogP contribution is 2.39. The number of rotatable bonds is 14. The number of nitrogens with one attached hydrogen (secondary N) is 2. The normalized spacial score (nSPS) is 18.7. The molecule has 0 unspecified atom stereocenters. The van der Waals surface area contributed by atoms with Crippen LogP contribution in [0, 0.1) is 0 Å². The standard InChI is InChI=1S/C30H38N4O6S/c1-34-17-16-31-30(34)41-20-25-18-26(22-10-8-21(19-35)9-11-22)40-29(39-25)23-12-14-24(15-13-23)32-27(36)6-4-2-3-5-7-28(37)33-38/h8-17,25-26,29,35,38H,2-7,18-20H2,1H3,(H,32,36)(H,33,37)/t25-,26+,29+/m0/s1. The largest absolute Gasteiger partial charge is 0.392 e. The van der Waals surface area contributed by atoms with Gasteiger partial charge in [0.2, 0.25) is 11.8 Å². The number of carbonyl (C=O) groups excluding carboxylic acids is 2. The predicted octanol–water partition coefficient (Wildman–Crippen LogP) is 5.03. The minimum atomic E-state index is -0.573. The van der Waals surface area contributed by atoms with Gasteiger partial charge >= 0.3 is 0 Å². The number of amides is 2. The quantitative estimate of drug-likeness (QED) is 0.0899. The van der Waals surface area contributed by atoms with Crippen molar-refractivity contribution in [2.24, 2.45) is 7.05 Å². The number of anilines is 1. The molecule has 10 nitrogen and oxygen atoms in total. The molecule has 4 N–H and O–H groups in total. The first-order valence-corrected chi connectivity index (χ1v) is 14.9. The van der Waals surface area contributed by atoms with Gasteiger partial charge in [-0.1, -0.05) is 61.0 Å². The van der Waals surface area contributed by atoms with Crippen LogP contribution in [-0.2, 0) is 32.7 Å². The molecule has 1 aliphatic heterocycles. The number of aromatic nitrogens is 2. The summed E-state index contributed by atoms with van der Waals surface area (Å²) in [7, 11) is 1.97. The molecule has 4 rings (SSSR count). The number of hydrogen-bond acceptors (Lipinski definition) is 8. The van der Waals surface area contributed by atoms with Crippen LogP contribution in [0.4, 0.5) is 5.69 Å². The lowest BCUT2D eigenvalue weighted by Crippen LogP contribution is -2.31. The van der Waals surface area contributed by atoms with E-state index in [4.69, 9.17) is 14.7 Å². The molecule has 1 saturated heterocycles. The van der Waals surface area contributed by atoms with E-state index in [9.17, 15) is 14.7 Å². The molecule has 0 spiro atoms. The second-order valence-electron chi connectivity index (χ2n) is 10.1. The Morgan fingerprint density at radius 2 is 1.66 bits per heavy atom. The molecule has 1 aromatic heterocycles. The molecule has 2 heterocycles. The highest BCUT2D eigenvalue weighted by Gasteiger charge is 2.32. The van der Waals surface area contributed by atoms with E-state index in [0.717, 1.165) is 46.9 Å². The van der Waals surface area contributed by atoms with Crippen molar-refractivity contribution < 1.29 is 29.4 Å². The Morgan fingerprint density at radius 3 is 2.29 bits per heavy atom. The van der Waals surface area contributed by atoms with Gasteiger partial charge in [-0.05, 0) is 36.1 Å². The third-order valence-corrected chi connectivity index (χ3v) is 8.13. The zero-order valence-electron chi connectivity index (χ0n) is 23.2. The maximum atomic E-state index is 12.4. The summed E-state index contributed by atoms with van der Waals surface area (Å²) < 4.78 is 14.8. The lowest BCUT2D eigenvalue weighted by atomic mass is 10.0. The third kappa shape index (κ3) is 9.40. The number of nitrogens with zero attached hydrogens (tertiary/aromatic N) is 2. The van der Waals surface area contributed by atoms with Crippen LogP contribution in [0.3, 0.4) is 0 Å². The van der Waals surface area contributed by atoms with E-state index in [1.807, 2.05) is 66.3 Å². The zero-order valence-corrected chi connectivity index (χ0v) is 24.0. The van der Waals surface area contributed by atoms with Gasteiger partial charge in [0.15, 0.2) is 11.4 Å². The van der Waals surface area contributed by atoms with Crippen LogP contribution in [0.2, 0.25) is 0 Å². The number of aliphatic hydroxyl groups is 1. The summed E-state index contributed by atoms with van der Waals surface area (Å²) in [4.78, 5) is 27.8. The molecule has 0 aliphatic carbocycles. The van der Waals surface area contributed by atoms with Gasteiger partial charge in [-0.3, -0.25) is 14.8 Å². The van der Waals surface area contributed by atoms with E-state index in [1.165, 1.54) is 0 Å². The van der Waals surface area contributed by atoms with E-state index < -0.39 is 6.29 Å². The lowest BCUT2D eigenvalue weighted by Gasteiger charge is -2.36. The molecule has 0 bridgehead atoms. The van der Waals surface area contributed by atoms with E-state index in [-0.39, 0.29) is 37.0 Å². The van der Waals surface area contributed by atoms with E-state index in [0.29, 0.717) is 24.9 Å². The monoisotopic (exact) mass is 582 g/mol. The number of imidazole rings is 1. The molecule has 3 atom stereocenters. The molecule has 11 heteroatoms. The van der Waals surface area contributed by atoms with Gasteiger partial charge in [0.05, 0.1) is 18.8 Å². The van der Waals surface area contributed by atoms with Gasteiger partial charge in [-0.25, -0.2) is 10.5 Å². The summed E-state index contributed by atoms with van der Waals surface area (Å²) in [5.74, 6) is 0.272. The van der Waals surface area contributed by atoms with Crippen molar-refractivity contribution in [2.75, 3.05) is 11.1 Å². The van der Waals surface area contributed by atoms with E-state index >= 15 is 0 Å². The molecule has 0 saturated carbocycles. The first kappa shape index (κ1) is 30.7. The molecule has 0 radical (unpaired) electrons. The minimum Gasteiger partial charge on any atom is -0.392 e. The van der Waals surface area contributed by atoms with Crippen LogP contribution in [0.15, 0.2) is 66.1 Å². The number of hydrogen-bond donors (Lipinski definition) is 4. The summed E-state index contributed by atoms with van der Waals surface area (Å²) in [6.45, 7) is -0.00510. The van der Waals surface area contributed by atoms with Crippen LogP contribution >= 0.6 is 11.8 Å². The fourth-order valence-corrected chi connectivity index (χ4v) is 5.56. The van der Waals surface area contributed by atoms with Crippen molar-refractivity contribution in [3.8, 4) is 0 Å². The second kappa shape index (κ2) is 15.7. The van der Waals surface area contributed by atoms with Gasteiger partial charge < -0.3 is 24.5 Å². The lowest BCUT2D eigenvalue weighted by molar-refractivity contribution is -0.245. The highest BCUT2D eigenvalue weighted by atomic mass is 32.2. The Balaban J connectivity index is 1.33. The number of hydroxylamine groups is 1. The molecule has 3 aromatic rings. The Hall–Kier alpha value is -3.22. The second-order valence-corrected chi connectivity index (χ2v) is 11.1. The van der Waals surface area contributed by atoms with E-state index in [2.05, 4.69) is 10.3 Å². The van der Waals surface area contributed by atoms with Crippen LogP contribution in [0.5, 0.6) is 0 Å². The van der Waals surface area contributed by atoms with Crippen molar-refractivity contribution in [1.82, 2.24) is 15.0 Å². The number of carbonyl (C=O) groups is 2. The fourth-order valence-electron chi connectivity index (χ4n) is 4.61. The average Bonchev–Trinajstić information content (AvgIpc) is 3.42. The first-order valence-electron chi connectivity index (χ1n) is 13.9. The number of thioether (sulfide) groups is 1. The van der Waals surface area contributed by atoms with Crippen molar-refractivity contribution in [2.45, 2.75) is 75.2 Å². The van der Waals surface area contributed by atoms with Crippen LogP contribution in [-0.4, -0.2) is 43.5 Å². The molecule has 1 fully saturated rings. The third-order valence-electron chi connectivity index (χ3n) is 6.94. The smallest absolute Gasteiger partial charge is 0.243 e. The fraction of sp³-hybridized carbons (Fsp3) is 0.433. The minimum absolute atomic E-state index is 0.00510. The number of benzene rings is 2. The number of ether oxygens (including phenoxy) is 2. The molecule has 1 aliphatic rings. The van der Waals surface area contributed by atoms with Gasteiger partial charge in [-0.15, -0.1) is 0 Å². The van der Waals surface area contributed by atoms with E-state index in [1.54, 1.807) is 23.4 Å². The molecule has 2 amide bonds. The molecule has 220 valence electrons. The molecular formula is C30H38N4O6S. The Morgan fingerprint density at radius 1 is 0.976 bits per heavy atom. The van der Waals surface area contributed by atoms with Crippen LogP contribution in [0.1, 0.15) is 74.0 Å². The van der Waals surface area contributed by atoms with Gasteiger partial charge in [-0.2, -0.15) is 0 Å². The van der Waals surface area contributed by atoms with Crippen molar-refractivity contribution in [1.29, 1.82) is 0 Å². The Labute approximate surface area is 244 Å².